The van der Waals surface area contributed by atoms with Crippen LogP contribution in [0.1, 0.15) is 0 Å². The summed E-state index contributed by atoms with van der Waals surface area (Å²) in [6, 6.07) is 58.8. The molecule has 0 saturated carbocycles. The van der Waals surface area contributed by atoms with E-state index in [1.165, 1.54) is 58.1 Å². The van der Waals surface area contributed by atoms with Crippen molar-refractivity contribution >= 4 is 85.8 Å². The van der Waals surface area contributed by atoms with Crippen LogP contribution in [0.3, 0.4) is 0 Å². The SMILES string of the molecule is c1ccc(-c2ccc3nc(-n4c5ccccc5c5ccc6c7ccc8c9ccccc9sc8c7ccc6c54)nc(-c4ccccc4)c3c2)cc1. The molecule has 0 aliphatic carbocycles. The summed E-state index contributed by atoms with van der Waals surface area (Å²) in [6.45, 7) is 0. The molecule has 0 N–H and O–H groups in total. The topological polar surface area (TPSA) is 30.7 Å². The first-order valence-corrected chi connectivity index (χ1v) is 17.7. The van der Waals surface area contributed by atoms with Gasteiger partial charge in [-0.15, -0.1) is 11.3 Å². The zero-order valence-electron chi connectivity index (χ0n) is 26.8. The first kappa shape index (κ1) is 27.6. The van der Waals surface area contributed by atoms with Gasteiger partial charge < -0.3 is 0 Å². The lowest BCUT2D eigenvalue weighted by molar-refractivity contribution is 1.02. The van der Waals surface area contributed by atoms with Crippen molar-refractivity contribution in [2.24, 2.45) is 0 Å². The molecule has 11 aromatic rings. The summed E-state index contributed by atoms with van der Waals surface area (Å²) < 4.78 is 4.95. The number of fused-ring (bicyclic) bond motifs is 12. The lowest BCUT2D eigenvalue weighted by atomic mass is 9.98. The maximum Gasteiger partial charge on any atom is 0.235 e. The molecule has 0 amide bonds. The summed E-state index contributed by atoms with van der Waals surface area (Å²) in [7, 11) is 0. The molecular formula is C46H27N3S. The Kier molecular flexibility index (Phi) is 5.83. The fraction of sp³-hybridized carbons (Fsp3) is 0. The molecule has 0 fully saturated rings. The highest BCUT2D eigenvalue weighted by atomic mass is 32.1. The predicted octanol–water partition coefficient (Wildman–Crippen LogP) is 12.7. The second-order valence-electron chi connectivity index (χ2n) is 12.9. The lowest BCUT2D eigenvalue weighted by Crippen LogP contribution is -2.04. The molecule has 0 saturated heterocycles. The number of hydrogen-bond acceptors (Lipinski definition) is 3. The van der Waals surface area contributed by atoms with Gasteiger partial charge in [-0.1, -0.05) is 140 Å². The van der Waals surface area contributed by atoms with Crippen molar-refractivity contribution in [2.75, 3.05) is 0 Å². The van der Waals surface area contributed by atoms with Crippen LogP contribution in [0.25, 0.3) is 103 Å². The van der Waals surface area contributed by atoms with Crippen LogP contribution in [0, 0.1) is 0 Å². The molecule has 0 spiro atoms. The Morgan fingerprint density at radius 1 is 0.400 bits per heavy atom. The van der Waals surface area contributed by atoms with Gasteiger partial charge in [0, 0.05) is 52.7 Å². The number of thiophene rings is 1. The number of hydrogen-bond donors (Lipinski definition) is 0. The van der Waals surface area contributed by atoms with E-state index in [-0.39, 0.29) is 0 Å². The van der Waals surface area contributed by atoms with Crippen molar-refractivity contribution in [3.8, 4) is 28.3 Å². The summed E-state index contributed by atoms with van der Waals surface area (Å²) >= 11 is 1.88. The van der Waals surface area contributed by atoms with Gasteiger partial charge in [-0.2, -0.15) is 0 Å². The minimum atomic E-state index is 0.669. The molecule has 8 aromatic carbocycles. The molecule has 3 nitrogen and oxygen atoms in total. The second kappa shape index (κ2) is 10.6. The fourth-order valence-electron chi connectivity index (χ4n) is 7.91. The van der Waals surface area contributed by atoms with Crippen LogP contribution < -0.4 is 0 Å². The number of rotatable bonds is 3. The molecule has 0 unspecified atom stereocenters. The van der Waals surface area contributed by atoms with Crippen molar-refractivity contribution in [1.82, 2.24) is 14.5 Å². The Balaban J connectivity index is 1.23. The van der Waals surface area contributed by atoms with E-state index < -0.39 is 0 Å². The van der Waals surface area contributed by atoms with E-state index in [0.29, 0.717) is 5.95 Å². The highest BCUT2D eigenvalue weighted by Crippen LogP contribution is 2.43. The molecule has 232 valence electrons. The van der Waals surface area contributed by atoms with Gasteiger partial charge in [-0.05, 0) is 46.2 Å². The van der Waals surface area contributed by atoms with Crippen molar-refractivity contribution in [1.29, 1.82) is 0 Å². The van der Waals surface area contributed by atoms with Crippen molar-refractivity contribution in [3.05, 3.63) is 164 Å². The summed E-state index contributed by atoms with van der Waals surface area (Å²) in [5.41, 5.74) is 7.44. The predicted molar refractivity (Wildman–Crippen MR) is 213 cm³/mol. The van der Waals surface area contributed by atoms with E-state index in [4.69, 9.17) is 9.97 Å². The first-order chi connectivity index (χ1) is 24.8. The molecule has 0 bridgehead atoms. The minimum Gasteiger partial charge on any atom is -0.277 e. The zero-order valence-corrected chi connectivity index (χ0v) is 27.7. The van der Waals surface area contributed by atoms with Crippen LogP contribution in [-0.2, 0) is 0 Å². The molecule has 0 atom stereocenters. The van der Waals surface area contributed by atoms with Gasteiger partial charge in [0.25, 0.3) is 0 Å². The molecule has 3 aromatic heterocycles. The normalized spacial score (nSPS) is 12.0. The van der Waals surface area contributed by atoms with Gasteiger partial charge in [0.1, 0.15) is 0 Å². The number of aromatic nitrogens is 3. The van der Waals surface area contributed by atoms with E-state index in [1.54, 1.807) is 0 Å². The maximum atomic E-state index is 5.44. The van der Waals surface area contributed by atoms with Gasteiger partial charge in [0.05, 0.1) is 22.2 Å². The van der Waals surface area contributed by atoms with E-state index in [9.17, 15) is 0 Å². The fourth-order valence-corrected chi connectivity index (χ4v) is 9.14. The van der Waals surface area contributed by atoms with Crippen LogP contribution in [-0.4, -0.2) is 14.5 Å². The lowest BCUT2D eigenvalue weighted by Gasteiger charge is -2.14. The Morgan fingerprint density at radius 2 is 1.00 bits per heavy atom. The van der Waals surface area contributed by atoms with Crippen molar-refractivity contribution in [3.63, 3.8) is 0 Å². The van der Waals surface area contributed by atoms with E-state index >= 15 is 0 Å². The average molecular weight is 654 g/mol. The van der Waals surface area contributed by atoms with Gasteiger partial charge in [-0.3, -0.25) is 4.57 Å². The van der Waals surface area contributed by atoms with Gasteiger partial charge in [-0.25, -0.2) is 9.97 Å². The molecule has 3 heterocycles. The molecule has 0 aliphatic rings. The summed E-state index contributed by atoms with van der Waals surface area (Å²) in [4.78, 5) is 10.8. The van der Waals surface area contributed by atoms with Crippen LogP contribution in [0.15, 0.2) is 164 Å². The monoisotopic (exact) mass is 653 g/mol. The molecule has 4 heteroatoms. The number of nitrogens with zero attached hydrogens (tertiary/aromatic N) is 3. The Bertz CT molecular complexity index is 3140. The van der Waals surface area contributed by atoms with Gasteiger partial charge >= 0.3 is 0 Å². The Hall–Kier alpha value is -6.36. The second-order valence-corrected chi connectivity index (χ2v) is 14.0. The quantitative estimate of drug-likeness (QED) is 0.178. The van der Waals surface area contributed by atoms with E-state index in [1.807, 2.05) is 11.3 Å². The number of para-hydroxylation sites is 1. The van der Waals surface area contributed by atoms with Crippen LogP contribution in [0.2, 0.25) is 0 Å². The maximum absolute atomic E-state index is 5.44. The van der Waals surface area contributed by atoms with E-state index in [2.05, 4.69) is 168 Å². The smallest absolute Gasteiger partial charge is 0.235 e. The Morgan fingerprint density at radius 3 is 1.80 bits per heavy atom. The minimum absolute atomic E-state index is 0.669. The summed E-state index contributed by atoms with van der Waals surface area (Å²) in [6.07, 6.45) is 0. The first-order valence-electron chi connectivity index (χ1n) is 16.9. The average Bonchev–Trinajstić information content (AvgIpc) is 3.74. The van der Waals surface area contributed by atoms with Crippen molar-refractivity contribution in [2.45, 2.75) is 0 Å². The molecule has 0 aliphatic heterocycles. The molecular weight excluding hydrogens is 627 g/mol. The van der Waals surface area contributed by atoms with Gasteiger partial charge in [0.2, 0.25) is 5.95 Å². The largest absolute Gasteiger partial charge is 0.277 e. The molecule has 0 radical (unpaired) electrons. The van der Waals surface area contributed by atoms with Crippen LogP contribution in [0.5, 0.6) is 0 Å². The zero-order chi connectivity index (χ0) is 32.8. The van der Waals surface area contributed by atoms with E-state index in [0.717, 1.165) is 38.8 Å². The third-order valence-corrected chi connectivity index (χ3v) is 11.4. The third-order valence-electron chi connectivity index (χ3n) is 10.2. The Labute approximate surface area is 291 Å². The van der Waals surface area contributed by atoms with Crippen LogP contribution >= 0.6 is 11.3 Å². The summed E-state index contributed by atoms with van der Waals surface area (Å²) in [5.74, 6) is 0.669. The van der Waals surface area contributed by atoms with Crippen molar-refractivity contribution < 1.29 is 0 Å². The molecule has 11 rings (SSSR count). The highest BCUT2D eigenvalue weighted by Gasteiger charge is 2.20. The standard InChI is InChI=1S/C46H27N3S/c1-3-11-28(12-4-1)30-19-26-40-39(27-30)43(29-13-5-2-6-14-29)48-46(47-40)49-41-17-9-7-15-33(41)36-22-20-31-32-21-24-38-34-16-8-10-18-42(34)50-45(38)37(32)25-23-35(31)44(36)49/h1-27H. The molecule has 50 heavy (non-hydrogen) atoms. The van der Waals surface area contributed by atoms with Gasteiger partial charge in [0.15, 0.2) is 0 Å². The number of benzene rings is 8. The van der Waals surface area contributed by atoms with Crippen LogP contribution in [0.4, 0.5) is 0 Å². The summed E-state index contributed by atoms with van der Waals surface area (Å²) in [5, 5.41) is 11.0. The third kappa shape index (κ3) is 3.97. The highest BCUT2D eigenvalue weighted by molar-refractivity contribution is 7.26.